The largest absolute Gasteiger partial charge is 0.323 e. The van der Waals surface area contributed by atoms with Crippen LogP contribution in [0.3, 0.4) is 0 Å². The number of carbonyl (C=O) groups is 1. The van der Waals surface area contributed by atoms with Crippen LogP contribution >= 0.6 is 23.2 Å². The number of hydrogen-bond donors (Lipinski definition) is 1. The summed E-state index contributed by atoms with van der Waals surface area (Å²) in [7, 11) is 0. The van der Waals surface area contributed by atoms with Gasteiger partial charge in [0.2, 0.25) is 5.91 Å². The molecular formula is C10H10Cl2FNO. The van der Waals surface area contributed by atoms with E-state index >= 15 is 0 Å². The first-order valence-corrected chi connectivity index (χ1v) is 5.27. The fourth-order valence-electron chi connectivity index (χ4n) is 0.917. The zero-order valence-electron chi connectivity index (χ0n) is 8.06. The molecule has 15 heavy (non-hydrogen) atoms. The van der Waals surface area contributed by atoms with Gasteiger partial charge in [-0.2, -0.15) is 0 Å². The summed E-state index contributed by atoms with van der Waals surface area (Å²) in [6.07, 6.45) is 0. The highest BCUT2D eigenvalue weighted by atomic mass is 35.5. The lowest BCUT2D eigenvalue weighted by molar-refractivity contribution is -0.118. The second-order valence-electron chi connectivity index (χ2n) is 3.17. The highest BCUT2D eigenvalue weighted by Crippen LogP contribution is 2.19. The monoisotopic (exact) mass is 249 g/mol. The average molecular weight is 250 g/mol. The number of hydrogen-bond acceptors (Lipinski definition) is 1. The summed E-state index contributed by atoms with van der Waals surface area (Å²) in [5, 5.41) is 2.72. The minimum atomic E-state index is -0.558. The van der Waals surface area contributed by atoms with E-state index in [1.54, 1.807) is 6.92 Å². The van der Waals surface area contributed by atoms with E-state index in [4.69, 9.17) is 23.2 Å². The van der Waals surface area contributed by atoms with Crippen molar-refractivity contribution < 1.29 is 9.18 Å². The number of nitrogens with one attached hydrogen (secondary N) is 1. The van der Waals surface area contributed by atoms with Gasteiger partial charge in [0, 0.05) is 16.8 Å². The fraction of sp³-hybridized carbons (Fsp3) is 0.300. The van der Waals surface area contributed by atoms with Gasteiger partial charge in [-0.05, 0) is 18.2 Å². The fourth-order valence-corrected chi connectivity index (χ4v) is 1.22. The maximum absolute atomic E-state index is 13.2. The Hall–Kier alpha value is -0.800. The average Bonchev–Trinajstić information content (AvgIpc) is 2.20. The van der Waals surface area contributed by atoms with Crippen molar-refractivity contribution in [3.63, 3.8) is 0 Å². The van der Waals surface area contributed by atoms with Gasteiger partial charge in [-0.25, -0.2) is 4.39 Å². The third-order valence-electron chi connectivity index (χ3n) is 1.87. The zero-order chi connectivity index (χ0) is 11.4. The highest BCUT2D eigenvalue weighted by molar-refractivity contribution is 6.30. The van der Waals surface area contributed by atoms with Crippen molar-refractivity contribution in [2.24, 2.45) is 5.92 Å². The van der Waals surface area contributed by atoms with Gasteiger partial charge < -0.3 is 5.32 Å². The summed E-state index contributed by atoms with van der Waals surface area (Å²) in [4.78, 5) is 11.4. The summed E-state index contributed by atoms with van der Waals surface area (Å²) in [6, 6.07) is 4.06. The zero-order valence-corrected chi connectivity index (χ0v) is 9.57. The third-order valence-corrected chi connectivity index (χ3v) is 2.57. The molecule has 0 aliphatic rings. The number of alkyl halides is 1. The van der Waals surface area contributed by atoms with Crippen LogP contribution in [0.25, 0.3) is 0 Å². The van der Waals surface area contributed by atoms with E-state index in [-0.39, 0.29) is 28.4 Å². The molecular weight excluding hydrogens is 240 g/mol. The van der Waals surface area contributed by atoms with Crippen LogP contribution in [-0.4, -0.2) is 11.8 Å². The molecule has 0 aromatic heterocycles. The van der Waals surface area contributed by atoms with Crippen molar-refractivity contribution in [3.05, 3.63) is 29.0 Å². The Kier molecular flexibility index (Phi) is 4.36. The van der Waals surface area contributed by atoms with Crippen molar-refractivity contribution in [2.45, 2.75) is 6.92 Å². The lowest BCUT2D eigenvalue weighted by atomic mass is 10.2. The molecule has 1 aromatic rings. The summed E-state index contributed by atoms with van der Waals surface area (Å²) in [5.74, 6) is -1.04. The van der Waals surface area contributed by atoms with Crippen LogP contribution in [0.4, 0.5) is 10.1 Å². The molecule has 1 N–H and O–H groups in total. The molecule has 2 nitrogen and oxygen atoms in total. The second kappa shape index (κ2) is 5.33. The van der Waals surface area contributed by atoms with Crippen LogP contribution in [0.1, 0.15) is 6.92 Å². The molecule has 1 atom stereocenters. The Morgan fingerprint density at radius 1 is 1.60 bits per heavy atom. The molecule has 1 amide bonds. The van der Waals surface area contributed by atoms with Crippen LogP contribution in [0, 0.1) is 11.7 Å². The van der Waals surface area contributed by atoms with Gasteiger partial charge in [0.05, 0.1) is 5.69 Å². The van der Waals surface area contributed by atoms with E-state index < -0.39 is 5.82 Å². The van der Waals surface area contributed by atoms with Crippen molar-refractivity contribution in [3.8, 4) is 0 Å². The van der Waals surface area contributed by atoms with Crippen LogP contribution in [0.5, 0.6) is 0 Å². The third kappa shape index (κ3) is 3.36. The van der Waals surface area contributed by atoms with Crippen LogP contribution in [0.15, 0.2) is 18.2 Å². The Morgan fingerprint density at radius 3 is 2.80 bits per heavy atom. The standard InChI is InChI=1S/C10H10Cl2FNO/c1-6(5-11)10(15)14-9-3-2-7(12)4-8(9)13/h2-4,6H,5H2,1H3,(H,14,15). The number of carbonyl (C=O) groups excluding carboxylic acids is 1. The number of benzene rings is 1. The van der Waals surface area contributed by atoms with E-state index in [0.717, 1.165) is 6.07 Å². The topological polar surface area (TPSA) is 29.1 Å². The normalized spacial score (nSPS) is 12.3. The molecule has 0 radical (unpaired) electrons. The Labute approximate surface area is 97.4 Å². The first-order valence-electron chi connectivity index (χ1n) is 4.36. The molecule has 0 bridgehead atoms. The number of rotatable bonds is 3. The van der Waals surface area contributed by atoms with Crippen molar-refractivity contribution >= 4 is 34.8 Å². The van der Waals surface area contributed by atoms with Crippen molar-refractivity contribution in [1.29, 1.82) is 0 Å². The molecule has 82 valence electrons. The Morgan fingerprint density at radius 2 is 2.27 bits per heavy atom. The van der Waals surface area contributed by atoms with Gasteiger partial charge in [-0.3, -0.25) is 4.79 Å². The first kappa shape index (κ1) is 12.3. The summed E-state index contributed by atoms with van der Waals surface area (Å²) < 4.78 is 13.2. The predicted molar refractivity (Wildman–Crippen MR) is 59.9 cm³/mol. The second-order valence-corrected chi connectivity index (χ2v) is 3.91. The molecule has 0 spiro atoms. The van der Waals surface area contributed by atoms with E-state index in [9.17, 15) is 9.18 Å². The minimum Gasteiger partial charge on any atom is -0.323 e. The van der Waals surface area contributed by atoms with Gasteiger partial charge in [-0.15, -0.1) is 11.6 Å². The maximum atomic E-state index is 13.2. The minimum absolute atomic E-state index is 0.112. The SMILES string of the molecule is CC(CCl)C(=O)Nc1ccc(Cl)cc1F. The number of anilines is 1. The highest BCUT2D eigenvalue weighted by Gasteiger charge is 2.13. The summed E-state index contributed by atoms with van der Waals surface area (Å²) in [5.41, 5.74) is 0.112. The van der Waals surface area contributed by atoms with Gasteiger partial charge in [0.15, 0.2) is 0 Å². The van der Waals surface area contributed by atoms with Crippen molar-refractivity contribution in [2.75, 3.05) is 11.2 Å². The quantitative estimate of drug-likeness (QED) is 0.819. The maximum Gasteiger partial charge on any atom is 0.228 e. The first-order chi connectivity index (χ1) is 7.04. The van der Waals surface area contributed by atoms with E-state index in [0.29, 0.717) is 0 Å². The molecule has 1 aromatic carbocycles. The summed E-state index contributed by atoms with van der Waals surface area (Å²) >= 11 is 11.1. The Bertz CT molecular complexity index is 370. The molecule has 0 saturated heterocycles. The van der Waals surface area contributed by atoms with E-state index in [2.05, 4.69) is 5.32 Å². The van der Waals surface area contributed by atoms with Gasteiger partial charge in [0.1, 0.15) is 5.82 Å². The van der Waals surface area contributed by atoms with Gasteiger partial charge in [0.25, 0.3) is 0 Å². The number of halogens is 3. The molecule has 0 aliphatic carbocycles. The molecule has 0 aliphatic heterocycles. The lowest BCUT2D eigenvalue weighted by Crippen LogP contribution is -2.21. The van der Waals surface area contributed by atoms with Crippen molar-refractivity contribution in [1.82, 2.24) is 0 Å². The molecule has 5 heteroatoms. The molecule has 1 rings (SSSR count). The molecule has 0 saturated carbocycles. The van der Waals surface area contributed by atoms with E-state index in [1.165, 1.54) is 12.1 Å². The number of amides is 1. The predicted octanol–water partition coefficient (Wildman–Crippen LogP) is 3.29. The lowest BCUT2D eigenvalue weighted by Gasteiger charge is -2.09. The van der Waals surface area contributed by atoms with E-state index in [1.807, 2.05) is 0 Å². The van der Waals surface area contributed by atoms with Gasteiger partial charge >= 0.3 is 0 Å². The van der Waals surface area contributed by atoms with Gasteiger partial charge in [-0.1, -0.05) is 18.5 Å². The van der Waals surface area contributed by atoms with Crippen LogP contribution in [0.2, 0.25) is 5.02 Å². The molecule has 0 fully saturated rings. The van der Waals surface area contributed by atoms with Crippen LogP contribution < -0.4 is 5.32 Å². The smallest absolute Gasteiger partial charge is 0.228 e. The molecule has 0 heterocycles. The Balaban J connectivity index is 2.77. The molecule has 1 unspecified atom stereocenters. The summed E-state index contributed by atoms with van der Waals surface area (Å²) in [6.45, 7) is 1.66. The van der Waals surface area contributed by atoms with Crippen LogP contribution in [-0.2, 0) is 4.79 Å².